The van der Waals surface area contributed by atoms with E-state index >= 15 is 0 Å². The Hall–Kier alpha value is -1.30. The molecule has 0 saturated heterocycles. The maximum Gasteiger partial charge on any atom is 0.286 e. The molecule has 1 aromatic heterocycles. The summed E-state index contributed by atoms with van der Waals surface area (Å²) < 4.78 is 0.783. The second-order valence-corrected chi connectivity index (χ2v) is 4.40. The number of halogens is 1. The lowest BCUT2D eigenvalue weighted by molar-refractivity contribution is -0.125. The van der Waals surface area contributed by atoms with E-state index in [1.54, 1.807) is 19.2 Å². The summed E-state index contributed by atoms with van der Waals surface area (Å²) in [6, 6.07) is 1.63. The van der Waals surface area contributed by atoms with Gasteiger partial charge in [0, 0.05) is 16.6 Å². The highest BCUT2D eigenvalue weighted by atomic mass is 79.9. The predicted molar refractivity (Wildman–Crippen MR) is 63.6 cm³/mol. The Bertz CT molecular complexity index is 389. The Labute approximate surface area is 102 Å². The van der Waals surface area contributed by atoms with Gasteiger partial charge in [0.05, 0.1) is 0 Å². The molecule has 6 heteroatoms. The highest BCUT2D eigenvalue weighted by Crippen LogP contribution is 2.09. The van der Waals surface area contributed by atoms with Crippen molar-refractivity contribution in [1.82, 2.24) is 15.8 Å². The van der Waals surface area contributed by atoms with Crippen molar-refractivity contribution in [1.29, 1.82) is 0 Å². The largest absolute Gasteiger partial charge is 0.356 e. The number of nitrogens with one attached hydrogen (secondary N) is 3. The van der Waals surface area contributed by atoms with E-state index in [2.05, 4.69) is 31.8 Å². The molecular formula is C10H14BrN3O2. The van der Waals surface area contributed by atoms with Gasteiger partial charge in [-0.05, 0) is 28.4 Å². The maximum absolute atomic E-state index is 11.5. The fourth-order valence-corrected chi connectivity index (χ4v) is 1.34. The number of hydrazine groups is 1. The number of aromatic amines is 1. The van der Waals surface area contributed by atoms with Gasteiger partial charge in [0.1, 0.15) is 5.69 Å². The third-order valence-corrected chi connectivity index (χ3v) is 2.71. The summed E-state index contributed by atoms with van der Waals surface area (Å²) in [7, 11) is 0. The van der Waals surface area contributed by atoms with Gasteiger partial charge in [0.2, 0.25) is 5.91 Å². The molecule has 0 aliphatic rings. The molecule has 0 radical (unpaired) electrons. The number of hydrogen-bond acceptors (Lipinski definition) is 2. The number of H-pyrrole nitrogens is 1. The van der Waals surface area contributed by atoms with Crippen LogP contribution in [0.1, 0.15) is 30.8 Å². The Morgan fingerprint density at radius 1 is 1.50 bits per heavy atom. The van der Waals surface area contributed by atoms with E-state index in [1.165, 1.54) is 0 Å². The van der Waals surface area contributed by atoms with Crippen LogP contribution in [0.3, 0.4) is 0 Å². The van der Waals surface area contributed by atoms with Crippen LogP contribution in [0.5, 0.6) is 0 Å². The molecule has 5 nitrogen and oxygen atoms in total. The third kappa shape index (κ3) is 3.37. The SMILES string of the molecule is CC[C@@H](C)C(=O)NNC(=O)c1cc(Br)c[nH]1. The first-order valence-corrected chi connectivity index (χ1v) is 5.78. The fourth-order valence-electron chi connectivity index (χ4n) is 0.993. The zero-order chi connectivity index (χ0) is 12.1. The van der Waals surface area contributed by atoms with E-state index in [1.807, 2.05) is 6.92 Å². The van der Waals surface area contributed by atoms with Crippen LogP contribution in [0.15, 0.2) is 16.7 Å². The number of amides is 2. The molecule has 3 N–H and O–H groups in total. The Kier molecular flexibility index (Phi) is 4.54. The summed E-state index contributed by atoms with van der Waals surface area (Å²) >= 11 is 3.22. The van der Waals surface area contributed by atoms with Gasteiger partial charge in [0.15, 0.2) is 0 Å². The fraction of sp³-hybridized carbons (Fsp3) is 0.400. The standard InChI is InChI=1S/C10H14BrN3O2/c1-3-6(2)9(15)13-14-10(16)8-4-7(11)5-12-8/h4-6,12H,3H2,1-2H3,(H,13,15)(H,14,16)/t6-/m1/s1. The highest BCUT2D eigenvalue weighted by Gasteiger charge is 2.12. The summed E-state index contributed by atoms with van der Waals surface area (Å²) in [5.74, 6) is -0.681. The monoisotopic (exact) mass is 287 g/mol. The van der Waals surface area contributed by atoms with E-state index in [0.29, 0.717) is 5.69 Å². The number of rotatable bonds is 3. The van der Waals surface area contributed by atoms with Gasteiger partial charge in [0.25, 0.3) is 5.91 Å². The number of carbonyl (C=O) groups excluding carboxylic acids is 2. The molecule has 0 saturated carbocycles. The van der Waals surface area contributed by atoms with Crippen molar-refractivity contribution >= 4 is 27.7 Å². The van der Waals surface area contributed by atoms with E-state index in [-0.39, 0.29) is 17.7 Å². The molecule has 0 bridgehead atoms. The van der Waals surface area contributed by atoms with Gasteiger partial charge in [-0.3, -0.25) is 20.4 Å². The second kappa shape index (κ2) is 5.69. The molecule has 0 aromatic carbocycles. The third-order valence-electron chi connectivity index (χ3n) is 2.25. The summed E-state index contributed by atoms with van der Waals surface area (Å²) in [6.07, 6.45) is 2.38. The zero-order valence-electron chi connectivity index (χ0n) is 9.13. The summed E-state index contributed by atoms with van der Waals surface area (Å²) in [5.41, 5.74) is 5.09. The first kappa shape index (κ1) is 12.8. The van der Waals surface area contributed by atoms with E-state index in [4.69, 9.17) is 0 Å². The molecule has 16 heavy (non-hydrogen) atoms. The van der Waals surface area contributed by atoms with Gasteiger partial charge < -0.3 is 4.98 Å². The minimum atomic E-state index is -0.373. The second-order valence-electron chi connectivity index (χ2n) is 3.48. The van der Waals surface area contributed by atoms with Crippen molar-refractivity contribution in [2.45, 2.75) is 20.3 Å². The lowest BCUT2D eigenvalue weighted by Gasteiger charge is -2.10. The Balaban J connectivity index is 2.44. The van der Waals surface area contributed by atoms with Gasteiger partial charge >= 0.3 is 0 Å². The summed E-state index contributed by atoms with van der Waals surface area (Å²) in [6.45, 7) is 3.71. The van der Waals surface area contributed by atoms with E-state index < -0.39 is 0 Å². The minimum Gasteiger partial charge on any atom is -0.356 e. The van der Waals surface area contributed by atoms with Crippen molar-refractivity contribution in [3.8, 4) is 0 Å². The molecule has 0 aliphatic heterocycles. The van der Waals surface area contributed by atoms with Crippen LogP contribution in [-0.2, 0) is 4.79 Å². The Morgan fingerprint density at radius 2 is 2.19 bits per heavy atom. The van der Waals surface area contributed by atoms with Crippen LogP contribution in [0.4, 0.5) is 0 Å². The smallest absolute Gasteiger partial charge is 0.286 e. The molecule has 1 heterocycles. The van der Waals surface area contributed by atoms with Crippen molar-refractivity contribution < 1.29 is 9.59 Å². The molecule has 88 valence electrons. The van der Waals surface area contributed by atoms with Crippen molar-refractivity contribution in [3.05, 3.63) is 22.4 Å². The van der Waals surface area contributed by atoms with Crippen LogP contribution in [-0.4, -0.2) is 16.8 Å². The zero-order valence-corrected chi connectivity index (χ0v) is 10.7. The first-order valence-electron chi connectivity index (χ1n) is 4.98. The topological polar surface area (TPSA) is 74.0 Å². The lowest BCUT2D eigenvalue weighted by atomic mass is 10.1. The maximum atomic E-state index is 11.5. The summed E-state index contributed by atoms with van der Waals surface area (Å²) in [4.78, 5) is 25.6. The minimum absolute atomic E-state index is 0.115. The quantitative estimate of drug-likeness (QED) is 0.739. The van der Waals surface area contributed by atoms with Crippen molar-refractivity contribution in [2.24, 2.45) is 5.92 Å². The van der Waals surface area contributed by atoms with E-state index in [0.717, 1.165) is 10.9 Å². The van der Waals surface area contributed by atoms with Gasteiger partial charge in [-0.15, -0.1) is 0 Å². The van der Waals surface area contributed by atoms with Gasteiger partial charge in [-0.2, -0.15) is 0 Å². The number of carbonyl (C=O) groups is 2. The van der Waals surface area contributed by atoms with E-state index in [9.17, 15) is 9.59 Å². The molecule has 1 rings (SSSR count). The predicted octanol–water partition coefficient (Wildman–Crippen LogP) is 1.58. The van der Waals surface area contributed by atoms with Crippen LogP contribution < -0.4 is 10.9 Å². The lowest BCUT2D eigenvalue weighted by Crippen LogP contribution is -2.44. The van der Waals surface area contributed by atoms with Crippen LogP contribution in [0, 0.1) is 5.92 Å². The van der Waals surface area contributed by atoms with Gasteiger partial charge in [-0.25, -0.2) is 0 Å². The molecule has 1 aromatic rings. The average Bonchev–Trinajstić information content (AvgIpc) is 2.71. The number of aromatic nitrogens is 1. The molecule has 0 fully saturated rings. The number of hydrogen-bond donors (Lipinski definition) is 3. The molecule has 0 aliphatic carbocycles. The summed E-state index contributed by atoms with van der Waals surface area (Å²) in [5, 5.41) is 0. The Morgan fingerprint density at radius 3 is 2.69 bits per heavy atom. The van der Waals surface area contributed by atoms with Crippen molar-refractivity contribution in [2.75, 3.05) is 0 Å². The molecule has 0 unspecified atom stereocenters. The van der Waals surface area contributed by atoms with Gasteiger partial charge in [-0.1, -0.05) is 13.8 Å². The van der Waals surface area contributed by atoms with Crippen molar-refractivity contribution in [3.63, 3.8) is 0 Å². The highest BCUT2D eigenvalue weighted by molar-refractivity contribution is 9.10. The van der Waals surface area contributed by atoms with Crippen LogP contribution >= 0.6 is 15.9 Å². The first-order chi connectivity index (χ1) is 7.54. The molecule has 2 amide bonds. The normalized spacial score (nSPS) is 11.9. The molecule has 1 atom stereocenters. The molecule has 0 spiro atoms. The van der Waals surface area contributed by atoms with Crippen LogP contribution in [0.2, 0.25) is 0 Å². The molecular weight excluding hydrogens is 274 g/mol. The van der Waals surface area contributed by atoms with Crippen LogP contribution in [0.25, 0.3) is 0 Å². The average molecular weight is 288 g/mol.